The van der Waals surface area contributed by atoms with Gasteiger partial charge in [-0.3, -0.25) is 14.6 Å². The molecule has 3 aromatic heterocycles. The third-order valence-corrected chi connectivity index (χ3v) is 5.92. The Bertz CT molecular complexity index is 1560. The number of aryl methyl sites for hydroxylation is 1. The molecule has 0 unspecified atom stereocenters. The van der Waals surface area contributed by atoms with E-state index in [1.165, 1.54) is 17.0 Å². The minimum absolute atomic E-state index is 0.0222. The number of hydrogen-bond donors (Lipinski definition) is 1. The molecule has 8 heteroatoms. The molecule has 0 bridgehead atoms. The van der Waals surface area contributed by atoms with Gasteiger partial charge in [-0.25, -0.2) is 9.37 Å². The zero-order valence-corrected chi connectivity index (χ0v) is 19.0. The Balaban J connectivity index is 1.62. The zero-order valence-electron chi connectivity index (χ0n) is 19.0. The first kappa shape index (κ1) is 21.5. The number of rotatable bonds is 5. The molecule has 5 aromatic rings. The number of hydrogen-bond acceptors (Lipinski definition) is 4. The number of Topliss-reactive ketones (excluding diaryl/α,β-unsaturated/α-hetero) is 1. The number of imidazole rings is 1. The first-order valence-electron chi connectivity index (χ1n) is 10.8. The van der Waals surface area contributed by atoms with E-state index in [1.54, 1.807) is 49.3 Å². The standard InChI is InChI=1S/C26H22FN5O2/c1-15-29-20-10-11-28-13-22(20)32(15)14-23(33)24-19-9-6-17(16-4-7-18(27)8-5-16)12-21(19)30-25(24)26(34)31(2)3/h4-13,30H,14H2,1-3H3. The van der Waals surface area contributed by atoms with Crippen LogP contribution >= 0.6 is 0 Å². The summed E-state index contributed by atoms with van der Waals surface area (Å²) < 4.78 is 15.2. The molecule has 1 amide bonds. The van der Waals surface area contributed by atoms with Crippen LogP contribution < -0.4 is 0 Å². The van der Waals surface area contributed by atoms with E-state index in [0.717, 1.165) is 22.2 Å². The van der Waals surface area contributed by atoms with Crippen LogP contribution in [0, 0.1) is 12.7 Å². The maximum Gasteiger partial charge on any atom is 0.270 e. The summed E-state index contributed by atoms with van der Waals surface area (Å²) in [6.45, 7) is 1.86. The average molecular weight is 455 g/mol. The second-order valence-corrected chi connectivity index (χ2v) is 8.37. The number of halogens is 1. The number of nitrogens with zero attached hydrogens (tertiary/aromatic N) is 4. The van der Waals surface area contributed by atoms with E-state index in [9.17, 15) is 14.0 Å². The summed E-state index contributed by atoms with van der Waals surface area (Å²) >= 11 is 0. The highest BCUT2D eigenvalue weighted by Gasteiger charge is 2.25. The third kappa shape index (κ3) is 3.63. The monoisotopic (exact) mass is 455 g/mol. The van der Waals surface area contributed by atoms with Crippen LogP contribution in [0.3, 0.4) is 0 Å². The number of carbonyl (C=O) groups is 2. The molecule has 0 atom stereocenters. The molecule has 0 aliphatic heterocycles. The number of nitrogens with one attached hydrogen (secondary N) is 1. The fourth-order valence-corrected chi connectivity index (χ4v) is 4.21. The second kappa shape index (κ2) is 8.22. The van der Waals surface area contributed by atoms with Crippen molar-refractivity contribution in [2.45, 2.75) is 13.5 Å². The molecule has 2 aromatic carbocycles. The Morgan fingerprint density at radius 1 is 1.06 bits per heavy atom. The summed E-state index contributed by atoms with van der Waals surface area (Å²) in [6, 6.07) is 13.5. The summed E-state index contributed by atoms with van der Waals surface area (Å²) in [7, 11) is 3.29. The van der Waals surface area contributed by atoms with Gasteiger partial charge in [-0.05, 0) is 42.3 Å². The van der Waals surface area contributed by atoms with Crippen molar-refractivity contribution in [3.8, 4) is 11.1 Å². The van der Waals surface area contributed by atoms with Crippen LogP contribution in [0.5, 0.6) is 0 Å². The van der Waals surface area contributed by atoms with Crippen LogP contribution in [0.2, 0.25) is 0 Å². The number of ketones is 1. The van der Waals surface area contributed by atoms with Gasteiger partial charge in [-0.15, -0.1) is 0 Å². The zero-order chi connectivity index (χ0) is 24.0. The fraction of sp³-hybridized carbons (Fsp3) is 0.154. The summed E-state index contributed by atoms with van der Waals surface area (Å²) in [5, 5.41) is 0.654. The highest BCUT2D eigenvalue weighted by molar-refractivity contribution is 6.16. The predicted molar refractivity (Wildman–Crippen MR) is 128 cm³/mol. The third-order valence-electron chi connectivity index (χ3n) is 5.92. The molecule has 0 radical (unpaired) electrons. The molecule has 0 fully saturated rings. The van der Waals surface area contributed by atoms with Crippen LogP contribution in [-0.2, 0) is 6.54 Å². The van der Waals surface area contributed by atoms with Gasteiger partial charge in [-0.1, -0.05) is 24.3 Å². The molecule has 0 spiro atoms. The van der Waals surface area contributed by atoms with Crippen LogP contribution in [0.4, 0.5) is 4.39 Å². The maximum atomic E-state index is 13.6. The van der Waals surface area contributed by atoms with Crippen molar-refractivity contribution in [3.05, 3.63) is 83.8 Å². The van der Waals surface area contributed by atoms with Gasteiger partial charge in [0.25, 0.3) is 5.91 Å². The summed E-state index contributed by atoms with van der Waals surface area (Å²) in [5.74, 6) is -0.127. The van der Waals surface area contributed by atoms with Crippen molar-refractivity contribution in [1.29, 1.82) is 0 Å². The van der Waals surface area contributed by atoms with Crippen molar-refractivity contribution >= 4 is 33.6 Å². The van der Waals surface area contributed by atoms with Crippen LogP contribution in [-0.4, -0.2) is 50.2 Å². The molecule has 7 nitrogen and oxygen atoms in total. The van der Waals surface area contributed by atoms with Gasteiger partial charge in [0, 0.05) is 31.2 Å². The lowest BCUT2D eigenvalue weighted by Crippen LogP contribution is -2.25. The van der Waals surface area contributed by atoms with Crippen molar-refractivity contribution in [2.75, 3.05) is 14.1 Å². The Morgan fingerprint density at radius 2 is 1.79 bits per heavy atom. The number of amides is 1. The van der Waals surface area contributed by atoms with E-state index in [2.05, 4.69) is 15.0 Å². The Labute approximate surface area is 194 Å². The topological polar surface area (TPSA) is 83.9 Å². The molecule has 1 N–H and O–H groups in total. The Hall–Kier alpha value is -4.33. The van der Waals surface area contributed by atoms with Crippen molar-refractivity contribution in [1.82, 2.24) is 24.4 Å². The first-order valence-corrected chi connectivity index (χ1v) is 10.8. The minimum Gasteiger partial charge on any atom is -0.350 e. The second-order valence-electron chi connectivity index (χ2n) is 8.37. The van der Waals surface area contributed by atoms with Crippen molar-refractivity contribution < 1.29 is 14.0 Å². The number of aromatic nitrogens is 4. The number of aromatic amines is 1. The number of H-pyrrole nitrogens is 1. The van der Waals surface area contributed by atoms with Gasteiger partial charge in [0.2, 0.25) is 0 Å². The highest BCUT2D eigenvalue weighted by Crippen LogP contribution is 2.30. The quantitative estimate of drug-likeness (QED) is 0.392. The van der Waals surface area contributed by atoms with Crippen LogP contribution in [0.1, 0.15) is 26.7 Å². The van der Waals surface area contributed by atoms with Crippen molar-refractivity contribution in [2.24, 2.45) is 0 Å². The number of benzene rings is 2. The van der Waals surface area contributed by atoms with Crippen LogP contribution in [0.25, 0.3) is 33.1 Å². The molecular formula is C26H22FN5O2. The lowest BCUT2D eigenvalue weighted by atomic mass is 10.0. The van der Waals surface area contributed by atoms with Gasteiger partial charge >= 0.3 is 0 Å². The van der Waals surface area contributed by atoms with Gasteiger partial charge < -0.3 is 14.5 Å². The predicted octanol–water partition coefficient (Wildman–Crippen LogP) is 4.61. The molecule has 0 saturated heterocycles. The first-order chi connectivity index (χ1) is 16.3. The fourth-order valence-electron chi connectivity index (χ4n) is 4.21. The summed E-state index contributed by atoms with van der Waals surface area (Å²) in [5.41, 5.74) is 4.42. The van der Waals surface area contributed by atoms with E-state index in [-0.39, 0.29) is 29.7 Å². The van der Waals surface area contributed by atoms with E-state index < -0.39 is 0 Å². The number of fused-ring (bicyclic) bond motifs is 2. The molecule has 5 rings (SSSR count). The SMILES string of the molecule is Cc1nc2ccncc2n1CC(=O)c1c(C(=O)N(C)C)[nH]c2cc(-c3ccc(F)cc3)ccc12. The van der Waals surface area contributed by atoms with E-state index in [0.29, 0.717) is 22.3 Å². The lowest BCUT2D eigenvalue weighted by molar-refractivity contribution is 0.0815. The van der Waals surface area contributed by atoms with E-state index >= 15 is 0 Å². The van der Waals surface area contributed by atoms with Gasteiger partial charge in [0.15, 0.2) is 5.78 Å². The Kier molecular flexibility index (Phi) is 5.20. The molecule has 0 aliphatic rings. The van der Waals surface area contributed by atoms with Gasteiger partial charge in [-0.2, -0.15) is 0 Å². The molecule has 34 heavy (non-hydrogen) atoms. The van der Waals surface area contributed by atoms with Gasteiger partial charge in [0.1, 0.15) is 17.3 Å². The molecule has 3 heterocycles. The summed E-state index contributed by atoms with van der Waals surface area (Å²) in [4.78, 5) is 39.9. The van der Waals surface area contributed by atoms with Crippen LogP contribution in [0.15, 0.2) is 60.9 Å². The highest BCUT2D eigenvalue weighted by atomic mass is 19.1. The van der Waals surface area contributed by atoms with E-state index in [4.69, 9.17) is 0 Å². The molecule has 170 valence electrons. The number of carbonyl (C=O) groups excluding carboxylic acids is 2. The normalized spacial score (nSPS) is 11.3. The minimum atomic E-state index is -0.311. The van der Waals surface area contributed by atoms with Crippen molar-refractivity contribution in [3.63, 3.8) is 0 Å². The molecule has 0 aliphatic carbocycles. The smallest absolute Gasteiger partial charge is 0.270 e. The Morgan fingerprint density at radius 3 is 2.53 bits per heavy atom. The number of pyridine rings is 1. The largest absolute Gasteiger partial charge is 0.350 e. The lowest BCUT2D eigenvalue weighted by Gasteiger charge is -2.11. The van der Waals surface area contributed by atoms with Gasteiger partial charge in [0.05, 0.1) is 29.3 Å². The molecule has 0 saturated carbocycles. The maximum absolute atomic E-state index is 13.6. The average Bonchev–Trinajstić information content (AvgIpc) is 3.36. The van der Waals surface area contributed by atoms with E-state index in [1.807, 2.05) is 25.1 Å². The summed E-state index contributed by atoms with van der Waals surface area (Å²) in [6.07, 6.45) is 3.34. The molecular weight excluding hydrogens is 433 g/mol.